The molecule has 8 heteroatoms. The first kappa shape index (κ1) is 19.7. The van der Waals surface area contributed by atoms with Gasteiger partial charge in [-0.15, -0.1) is 0 Å². The van der Waals surface area contributed by atoms with Crippen molar-refractivity contribution >= 4 is 35.4 Å². The van der Waals surface area contributed by atoms with E-state index >= 15 is 0 Å². The van der Waals surface area contributed by atoms with Gasteiger partial charge in [0, 0.05) is 56.6 Å². The number of hydrogen-bond donors (Lipinski definition) is 0. The predicted molar refractivity (Wildman–Crippen MR) is 114 cm³/mol. The number of halogens is 1. The van der Waals surface area contributed by atoms with Gasteiger partial charge < -0.3 is 19.4 Å². The molecule has 0 aliphatic carbocycles. The molecule has 4 rings (SSSR count). The highest BCUT2D eigenvalue weighted by molar-refractivity contribution is 6.30. The number of carbonyl (C=O) groups is 1. The predicted octanol–water partition coefficient (Wildman–Crippen LogP) is 2.33. The van der Waals surface area contributed by atoms with Gasteiger partial charge >= 0.3 is 0 Å². The van der Waals surface area contributed by atoms with Crippen LogP contribution in [0.15, 0.2) is 42.6 Å². The molecule has 1 aromatic carbocycles. The molecular formula is C21H24ClN5O2. The Hall–Kier alpha value is -2.64. The molecule has 0 spiro atoms. The van der Waals surface area contributed by atoms with Crippen molar-refractivity contribution in [2.45, 2.75) is 0 Å². The Morgan fingerprint density at radius 3 is 2.41 bits per heavy atom. The van der Waals surface area contributed by atoms with Crippen molar-refractivity contribution in [2.24, 2.45) is 0 Å². The van der Waals surface area contributed by atoms with Gasteiger partial charge in [0.15, 0.2) is 0 Å². The zero-order valence-corrected chi connectivity index (χ0v) is 17.0. The minimum absolute atomic E-state index is 0.0243. The number of hydrogen-bond acceptors (Lipinski definition) is 6. The summed E-state index contributed by atoms with van der Waals surface area (Å²) in [4.78, 5) is 27.9. The minimum atomic E-state index is 0.0243. The number of ether oxygens (including phenoxy) is 1. The fourth-order valence-corrected chi connectivity index (χ4v) is 3.56. The van der Waals surface area contributed by atoms with Crippen LogP contribution in [-0.4, -0.2) is 73.3 Å². The SMILES string of the molecule is O=C(/C=C/c1ccc(Cl)cc1)N1CCN(c2ccnc(N3CCOCC3)n2)CC1. The van der Waals surface area contributed by atoms with Gasteiger partial charge in [-0.1, -0.05) is 23.7 Å². The molecule has 2 saturated heterocycles. The maximum Gasteiger partial charge on any atom is 0.246 e. The van der Waals surface area contributed by atoms with Crippen LogP contribution in [0.4, 0.5) is 11.8 Å². The van der Waals surface area contributed by atoms with Crippen LogP contribution in [-0.2, 0) is 9.53 Å². The third-order valence-electron chi connectivity index (χ3n) is 5.13. The molecule has 2 aliphatic heterocycles. The zero-order chi connectivity index (χ0) is 20.1. The van der Waals surface area contributed by atoms with Crippen molar-refractivity contribution in [1.82, 2.24) is 14.9 Å². The molecule has 2 aromatic rings. The Labute approximate surface area is 175 Å². The number of benzene rings is 1. The summed E-state index contributed by atoms with van der Waals surface area (Å²) < 4.78 is 5.40. The fourth-order valence-electron chi connectivity index (χ4n) is 3.43. The molecule has 2 aliphatic rings. The molecule has 0 atom stereocenters. The molecule has 0 N–H and O–H groups in total. The lowest BCUT2D eigenvalue weighted by atomic mass is 10.2. The van der Waals surface area contributed by atoms with Crippen molar-refractivity contribution in [3.63, 3.8) is 0 Å². The molecule has 0 bridgehead atoms. The van der Waals surface area contributed by atoms with E-state index < -0.39 is 0 Å². The van der Waals surface area contributed by atoms with E-state index in [1.54, 1.807) is 12.3 Å². The summed E-state index contributed by atoms with van der Waals surface area (Å²) in [5, 5.41) is 0.686. The average molecular weight is 414 g/mol. The molecular weight excluding hydrogens is 390 g/mol. The van der Waals surface area contributed by atoms with Crippen LogP contribution in [0.25, 0.3) is 6.08 Å². The van der Waals surface area contributed by atoms with E-state index in [9.17, 15) is 4.79 Å². The molecule has 1 amide bonds. The molecule has 3 heterocycles. The summed E-state index contributed by atoms with van der Waals surface area (Å²) in [5.74, 6) is 1.68. The van der Waals surface area contributed by atoms with E-state index in [1.807, 2.05) is 41.3 Å². The van der Waals surface area contributed by atoms with Gasteiger partial charge in [-0.2, -0.15) is 4.98 Å². The quantitative estimate of drug-likeness (QED) is 0.717. The van der Waals surface area contributed by atoms with Gasteiger partial charge in [0.05, 0.1) is 13.2 Å². The number of aromatic nitrogens is 2. The maximum atomic E-state index is 12.5. The molecule has 29 heavy (non-hydrogen) atoms. The van der Waals surface area contributed by atoms with Crippen LogP contribution in [0.5, 0.6) is 0 Å². The molecule has 2 fully saturated rings. The lowest BCUT2D eigenvalue weighted by molar-refractivity contribution is -0.126. The van der Waals surface area contributed by atoms with E-state index in [0.717, 1.165) is 43.5 Å². The zero-order valence-electron chi connectivity index (χ0n) is 16.2. The van der Waals surface area contributed by atoms with Gasteiger partial charge in [-0.25, -0.2) is 4.98 Å². The van der Waals surface area contributed by atoms with Crippen LogP contribution in [0.2, 0.25) is 5.02 Å². The average Bonchev–Trinajstić information content (AvgIpc) is 2.79. The number of carbonyl (C=O) groups excluding carboxylic acids is 1. The van der Waals surface area contributed by atoms with Gasteiger partial charge in [-0.05, 0) is 29.8 Å². The largest absolute Gasteiger partial charge is 0.378 e. The first-order chi connectivity index (χ1) is 14.2. The van der Waals surface area contributed by atoms with E-state index in [-0.39, 0.29) is 5.91 Å². The monoisotopic (exact) mass is 413 g/mol. The molecule has 152 valence electrons. The summed E-state index contributed by atoms with van der Waals surface area (Å²) in [6.45, 7) is 5.87. The van der Waals surface area contributed by atoms with E-state index in [0.29, 0.717) is 31.3 Å². The highest BCUT2D eigenvalue weighted by Gasteiger charge is 2.22. The van der Waals surface area contributed by atoms with Crippen molar-refractivity contribution in [1.29, 1.82) is 0 Å². The van der Waals surface area contributed by atoms with E-state index in [4.69, 9.17) is 21.3 Å². The Balaban J connectivity index is 1.33. The molecule has 0 unspecified atom stereocenters. The summed E-state index contributed by atoms with van der Waals surface area (Å²) in [5.41, 5.74) is 0.956. The number of nitrogens with zero attached hydrogens (tertiary/aromatic N) is 5. The number of morpholine rings is 1. The summed E-state index contributed by atoms with van der Waals surface area (Å²) in [6, 6.07) is 9.35. The lowest BCUT2D eigenvalue weighted by Crippen LogP contribution is -2.48. The van der Waals surface area contributed by atoms with Gasteiger partial charge in [0.1, 0.15) is 5.82 Å². The first-order valence-corrected chi connectivity index (χ1v) is 10.2. The van der Waals surface area contributed by atoms with Gasteiger partial charge in [0.25, 0.3) is 0 Å². The molecule has 0 radical (unpaired) electrons. The molecule has 0 saturated carbocycles. The van der Waals surface area contributed by atoms with Crippen LogP contribution < -0.4 is 9.80 Å². The van der Waals surface area contributed by atoms with Crippen molar-refractivity contribution < 1.29 is 9.53 Å². The highest BCUT2D eigenvalue weighted by Crippen LogP contribution is 2.18. The number of anilines is 2. The van der Waals surface area contributed by atoms with Crippen LogP contribution >= 0.6 is 11.6 Å². The van der Waals surface area contributed by atoms with Crippen LogP contribution in [0, 0.1) is 0 Å². The first-order valence-electron chi connectivity index (χ1n) is 9.82. The van der Waals surface area contributed by atoms with Gasteiger partial charge in [-0.3, -0.25) is 4.79 Å². The smallest absolute Gasteiger partial charge is 0.246 e. The Morgan fingerprint density at radius 1 is 0.966 bits per heavy atom. The third-order valence-corrected chi connectivity index (χ3v) is 5.38. The second-order valence-corrected chi connectivity index (χ2v) is 7.45. The summed E-state index contributed by atoms with van der Waals surface area (Å²) in [7, 11) is 0. The minimum Gasteiger partial charge on any atom is -0.378 e. The second kappa shape index (κ2) is 9.24. The van der Waals surface area contributed by atoms with Crippen molar-refractivity contribution in [3.05, 3.63) is 53.2 Å². The number of rotatable bonds is 4. The van der Waals surface area contributed by atoms with E-state index in [2.05, 4.69) is 14.8 Å². The van der Waals surface area contributed by atoms with Crippen LogP contribution in [0.1, 0.15) is 5.56 Å². The molecule has 1 aromatic heterocycles. The summed E-state index contributed by atoms with van der Waals surface area (Å²) >= 11 is 5.89. The number of amides is 1. The summed E-state index contributed by atoms with van der Waals surface area (Å²) in [6.07, 6.45) is 5.25. The van der Waals surface area contributed by atoms with Gasteiger partial charge in [0.2, 0.25) is 11.9 Å². The maximum absolute atomic E-state index is 12.5. The van der Waals surface area contributed by atoms with Crippen molar-refractivity contribution in [3.8, 4) is 0 Å². The van der Waals surface area contributed by atoms with Crippen LogP contribution in [0.3, 0.4) is 0 Å². The normalized spacial score (nSPS) is 17.8. The highest BCUT2D eigenvalue weighted by atomic mass is 35.5. The Kier molecular flexibility index (Phi) is 6.27. The standard InChI is InChI=1S/C21H24ClN5O2/c22-18-4-1-17(2-5-18)3-6-20(28)26-11-9-25(10-12-26)19-7-8-23-21(24-19)27-13-15-29-16-14-27/h1-8H,9-16H2/b6-3+. The third kappa shape index (κ3) is 5.05. The molecule has 7 nitrogen and oxygen atoms in total. The van der Waals surface area contributed by atoms with Crippen molar-refractivity contribution in [2.75, 3.05) is 62.3 Å². The Bertz CT molecular complexity index is 860. The second-order valence-electron chi connectivity index (χ2n) is 7.01. The van der Waals surface area contributed by atoms with E-state index in [1.165, 1.54) is 0 Å². The fraction of sp³-hybridized carbons (Fsp3) is 0.381. The Morgan fingerprint density at radius 2 is 1.69 bits per heavy atom. The number of piperazine rings is 1. The topological polar surface area (TPSA) is 61.8 Å². The lowest BCUT2D eigenvalue weighted by Gasteiger charge is -2.35.